The average molecular weight is 568 g/mol. The lowest BCUT2D eigenvalue weighted by Crippen LogP contribution is -2.04. The molecule has 0 saturated heterocycles. The van der Waals surface area contributed by atoms with Crippen LogP contribution in [-0.4, -0.2) is 32.1 Å². The van der Waals surface area contributed by atoms with Crippen LogP contribution >= 0.6 is 11.3 Å². The van der Waals surface area contributed by atoms with E-state index in [0.717, 1.165) is 16.0 Å². The molecular formula is C34H21N3O4S. The van der Waals surface area contributed by atoms with Crippen LogP contribution in [0.4, 0.5) is 5.00 Å². The molecule has 5 rings (SSSR count). The predicted octanol–water partition coefficient (Wildman–Crippen LogP) is 6.83. The zero-order chi connectivity index (χ0) is 29.8. The Bertz CT molecular complexity index is 1940. The number of aromatic carboxylic acids is 2. The molecule has 0 aliphatic rings. The molecule has 3 aromatic carbocycles. The molecule has 2 heterocycles. The SMILES string of the molecule is C#C/C=C(\C#C)c1nc(-c2ccc(C(=O)O)cc2)c(-c2ccc(-c3ccc(N)s3)cc2)nc1-c1ccc(C(=O)O)cc1. The molecule has 7 nitrogen and oxygen atoms in total. The van der Waals surface area contributed by atoms with E-state index >= 15 is 0 Å². The van der Waals surface area contributed by atoms with Crippen molar-refractivity contribution in [3.05, 3.63) is 108 Å². The van der Waals surface area contributed by atoms with Gasteiger partial charge in [0.1, 0.15) is 5.69 Å². The lowest BCUT2D eigenvalue weighted by atomic mass is 9.98. The van der Waals surface area contributed by atoms with E-state index in [0.29, 0.717) is 44.5 Å². The lowest BCUT2D eigenvalue weighted by Gasteiger charge is -2.16. The number of rotatable bonds is 7. The summed E-state index contributed by atoms with van der Waals surface area (Å²) in [6, 6.07) is 24.1. The number of allylic oxidation sites excluding steroid dienone is 2. The van der Waals surface area contributed by atoms with Crippen molar-refractivity contribution in [2.75, 3.05) is 5.73 Å². The molecule has 0 saturated carbocycles. The van der Waals surface area contributed by atoms with Gasteiger partial charge in [-0.05, 0) is 42.0 Å². The largest absolute Gasteiger partial charge is 0.478 e. The van der Waals surface area contributed by atoms with Crippen LogP contribution < -0.4 is 5.73 Å². The van der Waals surface area contributed by atoms with Crippen molar-refractivity contribution >= 4 is 33.8 Å². The molecule has 0 aliphatic heterocycles. The van der Waals surface area contributed by atoms with E-state index in [1.165, 1.54) is 41.7 Å². The van der Waals surface area contributed by atoms with Crippen LogP contribution in [0.3, 0.4) is 0 Å². The number of nitrogens with zero attached hydrogens (tertiary/aromatic N) is 2. The topological polar surface area (TPSA) is 126 Å². The van der Waals surface area contributed by atoms with Gasteiger partial charge in [-0.3, -0.25) is 0 Å². The average Bonchev–Trinajstić information content (AvgIpc) is 3.45. The highest BCUT2D eigenvalue weighted by Gasteiger charge is 2.21. The number of aromatic nitrogens is 2. The number of thiophene rings is 1. The normalized spacial score (nSPS) is 11.0. The smallest absolute Gasteiger partial charge is 0.335 e. The summed E-state index contributed by atoms with van der Waals surface area (Å²) in [5, 5.41) is 19.5. The quantitative estimate of drug-likeness (QED) is 0.184. The summed E-state index contributed by atoms with van der Waals surface area (Å²) in [4.78, 5) is 34.0. The second-order valence-corrected chi connectivity index (χ2v) is 10.1. The van der Waals surface area contributed by atoms with Crippen molar-refractivity contribution in [3.63, 3.8) is 0 Å². The number of carboxylic acids is 2. The number of anilines is 1. The molecule has 42 heavy (non-hydrogen) atoms. The number of terminal acetylenes is 2. The molecule has 0 spiro atoms. The zero-order valence-corrected chi connectivity index (χ0v) is 22.7. The fraction of sp³-hybridized carbons (Fsp3) is 0. The van der Waals surface area contributed by atoms with Crippen molar-refractivity contribution < 1.29 is 19.8 Å². The monoisotopic (exact) mass is 567 g/mol. The van der Waals surface area contributed by atoms with Gasteiger partial charge in [0.2, 0.25) is 0 Å². The summed E-state index contributed by atoms with van der Waals surface area (Å²) in [6.45, 7) is 0. The Labute approximate surface area is 245 Å². The van der Waals surface area contributed by atoms with Crippen molar-refractivity contribution in [2.45, 2.75) is 0 Å². The van der Waals surface area contributed by atoms with Crippen LogP contribution in [-0.2, 0) is 0 Å². The summed E-state index contributed by atoms with van der Waals surface area (Å²) < 4.78 is 0. The van der Waals surface area contributed by atoms with Gasteiger partial charge in [-0.25, -0.2) is 19.6 Å². The maximum absolute atomic E-state index is 11.5. The molecule has 2 aromatic heterocycles. The third kappa shape index (κ3) is 5.52. The zero-order valence-electron chi connectivity index (χ0n) is 21.9. The van der Waals surface area contributed by atoms with E-state index < -0.39 is 11.9 Å². The number of nitrogen functional groups attached to an aromatic ring is 1. The Hall–Kier alpha value is -5.96. The first kappa shape index (κ1) is 27.6. The second-order valence-electron chi connectivity index (χ2n) is 9.03. The van der Waals surface area contributed by atoms with Crippen LogP contribution in [0.5, 0.6) is 0 Å². The van der Waals surface area contributed by atoms with Gasteiger partial charge in [0.15, 0.2) is 0 Å². The van der Waals surface area contributed by atoms with Crippen LogP contribution in [0.1, 0.15) is 26.4 Å². The summed E-state index contributed by atoms with van der Waals surface area (Å²) in [7, 11) is 0. The third-order valence-corrected chi connectivity index (χ3v) is 7.38. The van der Waals surface area contributed by atoms with Crippen LogP contribution in [0.15, 0.2) is 91.0 Å². The molecule has 8 heteroatoms. The van der Waals surface area contributed by atoms with Crippen molar-refractivity contribution in [2.24, 2.45) is 0 Å². The van der Waals surface area contributed by atoms with E-state index in [9.17, 15) is 19.8 Å². The van der Waals surface area contributed by atoms with Gasteiger partial charge in [0.05, 0.1) is 38.8 Å². The Morgan fingerprint density at radius 3 is 1.62 bits per heavy atom. The standard InChI is InChI=1S/C34H21N3O4S/c1-3-5-20(4-2)29-30(23-10-14-25(15-11-23)33(38)39)37-32(31(36-29)24-12-16-26(17-13-24)34(40)41)22-8-6-21(7-9-22)27-18-19-28(35)42-27/h1-2,5-19H,35H2,(H,38,39)(H,40,41)/b20-5+. The van der Waals surface area contributed by atoms with E-state index in [4.69, 9.17) is 28.5 Å². The minimum Gasteiger partial charge on any atom is -0.478 e. The number of nitrogens with two attached hydrogens (primary N) is 1. The minimum absolute atomic E-state index is 0.116. The molecule has 0 fully saturated rings. The summed E-state index contributed by atoms with van der Waals surface area (Å²) in [5.74, 6) is 2.92. The molecule has 0 radical (unpaired) electrons. The fourth-order valence-corrected chi connectivity index (χ4v) is 5.11. The van der Waals surface area contributed by atoms with E-state index in [1.807, 2.05) is 36.4 Å². The number of benzene rings is 3. The molecule has 0 atom stereocenters. The summed E-state index contributed by atoms with van der Waals surface area (Å²) in [6.07, 6.45) is 12.8. The lowest BCUT2D eigenvalue weighted by molar-refractivity contribution is 0.0686. The van der Waals surface area contributed by atoms with Crippen molar-refractivity contribution in [3.8, 4) is 68.9 Å². The summed E-state index contributed by atoms with van der Waals surface area (Å²) >= 11 is 1.48. The van der Waals surface area contributed by atoms with E-state index in [1.54, 1.807) is 24.3 Å². The number of hydrogen-bond donors (Lipinski definition) is 3. The fourth-order valence-electron chi connectivity index (χ4n) is 4.33. The minimum atomic E-state index is -1.06. The highest BCUT2D eigenvalue weighted by Crippen LogP contribution is 2.37. The Morgan fingerprint density at radius 2 is 1.17 bits per heavy atom. The van der Waals surface area contributed by atoms with Crippen LogP contribution in [0.2, 0.25) is 0 Å². The van der Waals surface area contributed by atoms with Crippen molar-refractivity contribution in [1.82, 2.24) is 9.97 Å². The van der Waals surface area contributed by atoms with Gasteiger partial charge in [-0.15, -0.1) is 24.2 Å². The molecule has 0 bridgehead atoms. The predicted molar refractivity (Wildman–Crippen MR) is 166 cm³/mol. The Balaban J connectivity index is 1.77. The number of carboxylic acid groups (broad SMARTS) is 2. The molecule has 4 N–H and O–H groups in total. The highest BCUT2D eigenvalue weighted by atomic mass is 32.1. The molecule has 0 amide bonds. The first-order valence-electron chi connectivity index (χ1n) is 12.5. The Kier molecular flexibility index (Phi) is 7.65. The first-order valence-corrected chi connectivity index (χ1v) is 13.3. The molecular weight excluding hydrogens is 546 g/mol. The van der Waals surface area contributed by atoms with E-state index in [2.05, 4.69) is 11.8 Å². The number of carbonyl (C=O) groups is 2. The van der Waals surface area contributed by atoms with Gasteiger partial charge in [0.25, 0.3) is 0 Å². The van der Waals surface area contributed by atoms with Crippen LogP contribution in [0.25, 0.3) is 49.8 Å². The third-order valence-electron chi connectivity index (χ3n) is 6.41. The van der Waals surface area contributed by atoms with Crippen molar-refractivity contribution in [1.29, 1.82) is 0 Å². The van der Waals surface area contributed by atoms with Gasteiger partial charge in [-0.2, -0.15) is 0 Å². The molecule has 0 unspecified atom stereocenters. The van der Waals surface area contributed by atoms with Gasteiger partial charge < -0.3 is 15.9 Å². The van der Waals surface area contributed by atoms with E-state index in [-0.39, 0.29) is 11.1 Å². The maximum atomic E-state index is 11.5. The number of hydrogen-bond acceptors (Lipinski definition) is 6. The van der Waals surface area contributed by atoms with Gasteiger partial charge >= 0.3 is 11.9 Å². The van der Waals surface area contributed by atoms with Gasteiger partial charge in [-0.1, -0.05) is 60.4 Å². The Morgan fingerprint density at radius 1 is 0.690 bits per heavy atom. The van der Waals surface area contributed by atoms with Crippen LogP contribution in [0, 0.1) is 24.7 Å². The first-order chi connectivity index (χ1) is 20.3. The second kappa shape index (κ2) is 11.6. The maximum Gasteiger partial charge on any atom is 0.335 e. The highest BCUT2D eigenvalue weighted by molar-refractivity contribution is 7.19. The molecule has 0 aliphatic carbocycles. The molecule has 202 valence electrons. The van der Waals surface area contributed by atoms with Gasteiger partial charge in [0, 0.05) is 27.6 Å². The summed E-state index contributed by atoms with van der Waals surface area (Å²) in [5.41, 5.74) is 11.1. The molecule has 5 aromatic rings.